The van der Waals surface area contributed by atoms with Crippen molar-refractivity contribution in [2.75, 3.05) is 9.80 Å². The Hall–Kier alpha value is -5.60. The fourth-order valence-corrected chi connectivity index (χ4v) is 7.74. The summed E-state index contributed by atoms with van der Waals surface area (Å²) in [4.78, 5) is 4.88. The van der Waals surface area contributed by atoms with E-state index in [1.54, 1.807) is 0 Å². The summed E-state index contributed by atoms with van der Waals surface area (Å²) in [5.41, 5.74) is 12.3. The molecule has 8 aromatic rings. The summed E-state index contributed by atoms with van der Waals surface area (Å²) in [5, 5.41) is 7.93. The summed E-state index contributed by atoms with van der Waals surface area (Å²) in [6.45, 7) is 13.6. The zero-order chi connectivity index (χ0) is 34.5. The van der Waals surface area contributed by atoms with Crippen LogP contribution in [-0.2, 0) is 0 Å². The maximum atomic E-state index is 2.49. The lowest BCUT2D eigenvalue weighted by atomic mass is 9.83. The molecular formula is C48H44N2. The van der Waals surface area contributed by atoms with E-state index >= 15 is 0 Å². The second-order valence-corrected chi connectivity index (χ2v) is 14.4. The van der Waals surface area contributed by atoms with Crippen LogP contribution in [0.15, 0.2) is 146 Å². The molecule has 0 atom stereocenters. The fourth-order valence-electron chi connectivity index (χ4n) is 7.74. The van der Waals surface area contributed by atoms with Crippen molar-refractivity contribution in [3.63, 3.8) is 0 Å². The third-order valence-corrected chi connectivity index (χ3v) is 10.3. The highest BCUT2D eigenvalue weighted by molar-refractivity contribution is 6.29. The number of nitrogens with zero attached hydrogens (tertiary/aromatic N) is 2. The van der Waals surface area contributed by atoms with Gasteiger partial charge in [0.05, 0.1) is 11.4 Å². The van der Waals surface area contributed by atoms with Crippen LogP contribution in [0.3, 0.4) is 0 Å². The van der Waals surface area contributed by atoms with Crippen LogP contribution < -0.4 is 9.80 Å². The molecular weight excluding hydrogens is 605 g/mol. The van der Waals surface area contributed by atoms with Gasteiger partial charge >= 0.3 is 0 Å². The second kappa shape index (κ2) is 12.7. The molecule has 0 aromatic heterocycles. The van der Waals surface area contributed by atoms with Crippen molar-refractivity contribution < 1.29 is 0 Å². The number of hydrogen-bond donors (Lipinski definition) is 0. The van der Waals surface area contributed by atoms with E-state index in [-0.39, 0.29) is 0 Å². The molecule has 0 aliphatic carbocycles. The van der Waals surface area contributed by atoms with Crippen molar-refractivity contribution in [2.45, 2.75) is 53.4 Å². The van der Waals surface area contributed by atoms with Crippen molar-refractivity contribution in [2.24, 2.45) is 0 Å². The van der Waals surface area contributed by atoms with Gasteiger partial charge < -0.3 is 9.80 Å². The number of rotatable bonds is 8. The molecule has 0 unspecified atom stereocenters. The number of anilines is 6. The minimum Gasteiger partial charge on any atom is -0.310 e. The van der Waals surface area contributed by atoms with Crippen molar-refractivity contribution in [3.8, 4) is 0 Å². The SMILES string of the molecule is Cc1ccc(N(c2ccccc2)c2ccc3c(C(C)C)cc4c(N(c5ccccc5)c5ccc(C)cc5)ccc5c(C(C)C)cc2c3c54)cc1. The summed E-state index contributed by atoms with van der Waals surface area (Å²) < 4.78 is 0. The molecule has 8 rings (SSSR count). The third kappa shape index (κ3) is 5.36. The van der Waals surface area contributed by atoms with Crippen molar-refractivity contribution in [1.29, 1.82) is 0 Å². The Morgan fingerprint density at radius 2 is 0.700 bits per heavy atom. The van der Waals surface area contributed by atoms with Crippen LogP contribution in [0.4, 0.5) is 34.1 Å². The minimum atomic E-state index is 0.344. The molecule has 0 spiro atoms. The van der Waals surface area contributed by atoms with Crippen LogP contribution in [0.2, 0.25) is 0 Å². The van der Waals surface area contributed by atoms with E-state index in [4.69, 9.17) is 0 Å². The quantitative estimate of drug-likeness (QED) is 0.151. The van der Waals surface area contributed by atoms with Crippen LogP contribution in [0, 0.1) is 13.8 Å². The smallest absolute Gasteiger partial charge is 0.0540 e. The zero-order valence-electron chi connectivity index (χ0n) is 29.9. The summed E-state index contributed by atoms with van der Waals surface area (Å²) in [6.07, 6.45) is 0. The molecule has 0 aliphatic rings. The molecule has 0 saturated carbocycles. The predicted molar refractivity (Wildman–Crippen MR) is 217 cm³/mol. The molecule has 0 aliphatic heterocycles. The molecule has 0 bridgehead atoms. The first kappa shape index (κ1) is 31.7. The highest BCUT2D eigenvalue weighted by Crippen LogP contribution is 2.50. The molecule has 0 saturated heterocycles. The second-order valence-electron chi connectivity index (χ2n) is 14.4. The molecule has 0 radical (unpaired) electrons. The van der Waals surface area contributed by atoms with E-state index in [1.807, 2.05) is 0 Å². The number of aryl methyl sites for hydroxylation is 2. The van der Waals surface area contributed by atoms with Gasteiger partial charge in [0.1, 0.15) is 0 Å². The van der Waals surface area contributed by atoms with E-state index in [2.05, 4.69) is 197 Å². The monoisotopic (exact) mass is 648 g/mol. The first-order chi connectivity index (χ1) is 24.3. The Morgan fingerprint density at radius 3 is 1.04 bits per heavy atom. The van der Waals surface area contributed by atoms with Crippen LogP contribution >= 0.6 is 0 Å². The van der Waals surface area contributed by atoms with Gasteiger partial charge in [0.15, 0.2) is 0 Å². The predicted octanol–water partition coefficient (Wildman–Crippen LogP) is 14.4. The number of para-hydroxylation sites is 2. The highest BCUT2D eigenvalue weighted by Gasteiger charge is 2.25. The summed E-state index contributed by atoms with van der Waals surface area (Å²) in [7, 11) is 0. The lowest BCUT2D eigenvalue weighted by Gasteiger charge is -2.31. The molecule has 0 N–H and O–H groups in total. The maximum Gasteiger partial charge on any atom is 0.0540 e. The minimum absolute atomic E-state index is 0.344. The molecule has 50 heavy (non-hydrogen) atoms. The van der Waals surface area contributed by atoms with Gasteiger partial charge in [-0.1, -0.05) is 112 Å². The van der Waals surface area contributed by atoms with Gasteiger partial charge in [-0.15, -0.1) is 0 Å². The number of hydrogen-bond acceptors (Lipinski definition) is 2. The molecule has 0 fully saturated rings. The van der Waals surface area contributed by atoms with Gasteiger partial charge in [0.2, 0.25) is 0 Å². The Bertz CT molecular complexity index is 2250. The Labute approximate surface area is 296 Å². The Morgan fingerprint density at radius 1 is 0.360 bits per heavy atom. The maximum absolute atomic E-state index is 2.49. The molecule has 0 amide bonds. The summed E-state index contributed by atoms with van der Waals surface area (Å²) in [5.74, 6) is 0.689. The Kier molecular flexibility index (Phi) is 8.04. The standard InChI is InChI=1S/C48H44N2/c1-31(2)41-29-43-45(49(35-13-9-7-10-14-35)37-21-17-33(5)18-22-37)28-26-40-42(32(3)4)30-44-46(27-25-39(41)47(44)48(40)43)50(36-15-11-8-12-16-36)38-23-19-34(6)20-24-38/h7-32H,1-6H3. The lowest BCUT2D eigenvalue weighted by molar-refractivity contribution is 0.876. The van der Waals surface area contributed by atoms with Crippen LogP contribution in [0.5, 0.6) is 0 Å². The average Bonchev–Trinajstić information content (AvgIpc) is 3.13. The van der Waals surface area contributed by atoms with Gasteiger partial charge in [0.25, 0.3) is 0 Å². The van der Waals surface area contributed by atoms with Crippen LogP contribution in [-0.4, -0.2) is 0 Å². The van der Waals surface area contributed by atoms with Gasteiger partial charge in [-0.2, -0.15) is 0 Å². The fraction of sp³-hybridized carbons (Fsp3) is 0.167. The van der Waals surface area contributed by atoms with E-state index < -0.39 is 0 Å². The molecule has 2 heteroatoms. The van der Waals surface area contributed by atoms with E-state index in [0.29, 0.717) is 11.8 Å². The topological polar surface area (TPSA) is 6.48 Å². The van der Waals surface area contributed by atoms with E-state index in [9.17, 15) is 0 Å². The van der Waals surface area contributed by atoms with Gasteiger partial charge in [-0.25, -0.2) is 0 Å². The first-order valence-corrected chi connectivity index (χ1v) is 17.9. The lowest BCUT2D eigenvalue weighted by Crippen LogP contribution is -2.12. The third-order valence-electron chi connectivity index (χ3n) is 10.3. The van der Waals surface area contributed by atoms with Crippen molar-refractivity contribution in [3.05, 3.63) is 168 Å². The zero-order valence-corrected chi connectivity index (χ0v) is 29.9. The molecule has 8 aromatic carbocycles. The summed E-state index contributed by atoms with van der Waals surface area (Å²) >= 11 is 0. The molecule has 2 nitrogen and oxygen atoms in total. The highest BCUT2D eigenvalue weighted by atomic mass is 15.1. The van der Waals surface area contributed by atoms with Crippen LogP contribution in [0.25, 0.3) is 32.3 Å². The Balaban J connectivity index is 1.52. The largest absolute Gasteiger partial charge is 0.310 e. The van der Waals surface area contributed by atoms with E-state index in [0.717, 1.165) is 22.7 Å². The average molecular weight is 649 g/mol. The van der Waals surface area contributed by atoms with Crippen molar-refractivity contribution in [1.82, 2.24) is 0 Å². The van der Waals surface area contributed by atoms with Gasteiger partial charge in [-0.05, 0) is 131 Å². The van der Waals surface area contributed by atoms with Crippen LogP contribution in [0.1, 0.15) is 61.8 Å². The van der Waals surface area contributed by atoms with Gasteiger partial charge in [0, 0.05) is 33.5 Å². The number of benzene rings is 8. The molecule has 0 heterocycles. The summed E-state index contributed by atoms with van der Waals surface area (Å²) in [6, 6.07) is 54.0. The molecule has 246 valence electrons. The van der Waals surface area contributed by atoms with E-state index in [1.165, 1.54) is 65.9 Å². The normalized spacial score (nSPS) is 11.8. The van der Waals surface area contributed by atoms with Crippen molar-refractivity contribution >= 4 is 66.4 Å². The van der Waals surface area contributed by atoms with Gasteiger partial charge in [-0.3, -0.25) is 0 Å². The first-order valence-electron chi connectivity index (χ1n) is 17.9.